The Kier molecular flexibility index (Phi) is 7.30. The zero-order valence-electron chi connectivity index (χ0n) is 19.2. The lowest BCUT2D eigenvalue weighted by atomic mass is 9.80. The van der Waals surface area contributed by atoms with Crippen LogP contribution in [0.15, 0.2) is 42.5 Å². The number of anilines is 1. The maximum absolute atomic E-state index is 12.4. The van der Waals surface area contributed by atoms with Crippen LogP contribution in [0.4, 0.5) is 5.69 Å². The van der Waals surface area contributed by atoms with Crippen LogP contribution < -0.4 is 15.4 Å². The Balaban J connectivity index is 2.04. The van der Waals surface area contributed by atoms with Gasteiger partial charge in [-0.25, -0.2) is 0 Å². The Morgan fingerprint density at radius 2 is 1.50 bits per heavy atom. The van der Waals surface area contributed by atoms with Crippen molar-refractivity contribution in [2.24, 2.45) is 0 Å². The second-order valence-electron chi connectivity index (χ2n) is 9.59. The van der Waals surface area contributed by atoms with Crippen molar-refractivity contribution in [1.82, 2.24) is 5.32 Å². The first-order valence-corrected chi connectivity index (χ1v) is 10.3. The summed E-state index contributed by atoms with van der Waals surface area (Å²) in [6.45, 7) is 12.9. The van der Waals surface area contributed by atoms with E-state index in [9.17, 15) is 9.59 Å². The number of nitrogens with one attached hydrogen (secondary N) is 2. The van der Waals surface area contributed by atoms with Gasteiger partial charge < -0.3 is 15.4 Å². The summed E-state index contributed by atoms with van der Waals surface area (Å²) >= 11 is 0. The Morgan fingerprint density at radius 1 is 0.867 bits per heavy atom. The second-order valence-corrected chi connectivity index (χ2v) is 9.59. The van der Waals surface area contributed by atoms with Crippen LogP contribution in [0, 0.1) is 0 Å². The van der Waals surface area contributed by atoms with Crippen LogP contribution in [0.5, 0.6) is 5.75 Å². The average Bonchev–Trinajstić information content (AvgIpc) is 2.66. The third-order valence-corrected chi connectivity index (χ3v) is 4.89. The van der Waals surface area contributed by atoms with Crippen LogP contribution in [0.3, 0.4) is 0 Å². The molecule has 2 rings (SSSR count). The maximum Gasteiger partial charge on any atom is 0.262 e. The predicted molar refractivity (Wildman–Crippen MR) is 122 cm³/mol. The third kappa shape index (κ3) is 6.61. The van der Waals surface area contributed by atoms with Crippen molar-refractivity contribution in [3.8, 4) is 5.75 Å². The minimum absolute atomic E-state index is 0.0415. The van der Waals surface area contributed by atoms with E-state index in [1.807, 2.05) is 18.2 Å². The van der Waals surface area contributed by atoms with Gasteiger partial charge in [-0.2, -0.15) is 0 Å². The van der Waals surface area contributed by atoms with E-state index in [-0.39, 0.29) is 29.3 Å². The molecule has 0 atom stereocenters. The molecular weight excluding hydrogens is 376 g/mol. The van der Waals surface area contributed by atoms with E-state index in [1.165, 1.54) is 5.56 Å². The number of ether oxygens (including phenoxy) is 1. The van der Waals surface area contributed by atoms with Gasteiger partial charge in [0.25, 0.3) is 5.91 Å². The number of rotatable bonds is 6. The van der Waals surface area contributed by atoms with Gasteiger partial charge >= 0.3 is 0 Å². The first-order chi connectivity index (χ1) is 13.9. The number of hydrogen-bond acceptors (Lipinski definition) is 3. The lowest BCUT2D eigenvalue weighted by molar-refractivity contribution is -0.120. The van der Waals surface area contributed by atoms with Crippen LogP contribution >= 0.6 is 0 Å². The van der Waals surface area contributed by atoms with E-state index < -0.39 is 0 Å². The molecule has 0 aliphatic heterocycles. The first-order valence-electron chi connectivity index (χ1n) is 10.3. The highest BCUT2D eigenvalue weighted by atomic mass is 16.5. The fourth-order valence-electron chi connectivity index (χ4n) is 3.03. The number of amides is 2. The van der Waals surface area contributed by atoms with Gasteiger partial charge in [-0.3, -0.25) is 9.59 Å². The molecule has 0 saturated heterocycles. The van der Waals surface area contributed by atoms with E-state index >= 15 is 0 Å². The lowest BCUT2D eigenvalue weighted by Gasteiger charge is -2.27. The summed E-state index contributed by atoms with van der Waals surface area (Å²) in [6.07, 6.45) is 0.313. The van der Waals surface area contributed by atoms with Gasteiger partial charge in [-0.15, -0.1) is 0 Å². The standard InChI is InChI=1S/C25H34N2O3/c1-24(2,3)18-10-13-21(20(15-18)25(4,5)6)30-16-23(29)27-19-11-8-17(9-12-19)14-22(28)26-7/h8-13,15H,14,16H2,1-7H3,(H,26,28)(H,27,29). The molecule has 2 amide bonds. The zero-order valence-corrected chi connectivity index (χ0v) is 19.2. The SMILES string of the molecule is CNC(=O)Cc1ccc(NC(=O)COc2ccc(C(C)(C)C)cc2C(C)(C)C)cc1. The molecule has 2 aromatic rings. The van der Waals surface area contributed by atoms with Gasteiger partial charge in [-0.05, 0) is 45.7 Å². The molecule has 5 heteroatoms. The molecule has 0 bridgehead atoms. The topological polar surface area (TPSA) is 67.4 Å². The molecule has 0 spiro atoms. The van der Waals surface area contributed by atoms with E-state index in [1.54, 1.807) is 19.2 Å². The zero-order chi connectivity index (χ0) is 22.5. The normalized spacial score (nSPS) is 11.7. The summed E-state index contributed by atoms with van der Waals surface area (Å²) in [5.41, 5.74) is 3.82. The average molecular weight is 411 g/mol. The summed E-state index contributed by atoms with van der Waals surface area (Å²) in [5.74, 6) is 0.452. The maximum atomic E-state index is 12.4. The number of hydrogen-bond donors (Lipinski definition) is 2. The molecule has 0 unspecified atom stereocenters. The highest BCUT2D eigenvalue weighted by Crippen LogP contribution is 2.35. The van der Waals surface area contributed by atoms with Crippen LogP contribution in [-0.4, -0.2) is 25.5 Å². The molecule has 0 heterocycles. The summed E-state index contributed by atoms with van der Waals surface area (Å²) in [4.78, 5) is 23.8. The lowest BCUT2D eigenvalue weighted by Crippen LogP contribution is -2.23. The molecule has 30 heavy (non-hydrogen) atoms. The smallest absolute Gasteiger partial charge is 0.262 e. The molecule has 2 aromatic carbocycles. The minimum atomic E-state index is -0.228. The molecule has 0 fully saturated rings. The fourth-order valence-corrected chi connectivity index (χ4v) is 3.03. The highest BCUT2D eigenvalue weighted by molar-refractivity contribution is 5.92. The largest absolute Gasteiger partial charge is 0.483 e. The quantitative estimate of drug-likeness (QED) is 0.732. The van der Waals surface area contributed by atoms with Crippen molar-refractivity contribution in [3.63, 3.8) is 0 Å². The van der Waals surface area contributed by atoms with Crippen molar-refractivity contribution in [3.05, 3.63) is 59.2 Å². The monoisotopic (exact) mass is 410 g/mol. The van der Waals surface area contributed by atoms with Crippen molar-refractivity contribution in [1.29, 1.82) is 0 Å². The van der Waals surface area contributed by atoms with Crippen molar-refractivity contribution in [2.75, 3.05) is 19.0 Å². The molecule has 5 nitrogen and oxygen atoms in total. The summed E-state index contributed by atoms with van der Waals surface area (Å²) in [7, 11) is 1.61. The summed E-state index contributed by atoms with van der Waals surface area (Å²) in [5, 5.41) is 5.43. The predicted octanol–water partition coefficient (Wildman–Crippen LogP) is 4.59. The Bertz CT molecular complexity index is 888. The van der Waals surface area contributed by atoms with E-state index in [4.69, 9.17) is 4.74 Å². The molecule has 162 valence electrons. The molecule has 0 saturated carbocycles. The Hall–Kier alpha value is -2.82. The van der Waals surface area contributed by atoms with Crippen molar-refractivity contribution in [2.45, 2.75) is 58.8 Å². The van der Waals surface area contributed by atoms with Gasteiger partial charge in [0.1, 0.15) is 5.75 Å². The molecule has 0 radical (unpaired) electrons. The van der Waals surface area contributed by atoms with Crippen LogP contribution in [-0.2, 0) is 26.8 Å². The van der Waals surface area contributed by atoms with Gasteiger partial charge in [0, 0.05) is 12.7 Å². The van der Waals surface area contributed by atoms with Gasteiger partial charge in [0.15, 0.2) is 6.61 Å². The van der Waals surface area contributed by atoms with Crippen LogP contribution in [0.2, 0.25) is 0 Å². The number of carbonyl (C=O) groups excluding carboxylic acids is 2. The number of likely N-dealkylation sites (N-methyl/N-ethyl adjacent to an activating group) is 1. The minimum Gasteiger partial charge on any atom is -0.483 e. The van der Waals surface area contributed by atoms with Gasteiger partial charge in [0.2, 0.25) is 5.91 Å². The molecule has 0 aliphatic rings. The Morgan fingerprint density at radius 3 is 2.03 bits per heavy atom. The Labute approximate surface area is 180 Å². The molecule has 0 aliphatic carbocycles. The summed E-state index contributed by atoms with van der Waals surface area (Å²) in [6, 6.07) is 13.4. The van der Waals surface area contributed by atoms with Crippen LogP contribution in [0.25, 0.3) is 0 Å². The van der Waals surface area contributed by atoms with E-state index in [0.717, 1.165) is 16.9 Å². The number of carbonyl (C=O) groups is 2. The van der Waals surface area contributed by atoms with Gasteiger partial charge in [-0.1, -0.05) is 65.8 Å². The first kappa shape index (κ1) is 23.5. The van der Waals surface area contributed by atoms with E-state index in [0.29, 0.717) is 12.1 Å². The highest BCUT2D eigenvalue weighted by Gasteiger charge is 2.23. The third-order valence-electron chi connectivity index (χ3n) is 4.89. The number of benzene rings is 2. The van der Waals surface area contributed by atoms with Crippen LogP contribution in [0.1, 0.15) is 58.2 Å². The van der Waals surface area contributed by atoms with Gasteiger partial charge in [0.05, 0.1) is 6.42 Å². The second kappa shape index (κ2) is 9.33. The van der Waals surface area contributed by atoms with E-state index in [2.05, 4.69) is 64.3 Å². The molecular formula is C25H34N2O3. The van der Waals surface area contributed by atoms with Crippen molar-refractivity contribution >= 4 is 17.5 Å². The fraction of sp³-hybridized carbons (Fsp3) is 0.440. The molecule has 0 aromatic heterocycles. The summed E-state index contributed by atoms with van der Waals surface area (Å²) < 4.78 is 5.89. The van der Waals surface area contributed by atoms with Crippen molar-refractivity contribution < 1.29 is 14.3 Å². The molecule has 2 N–H and O–H groups in total.